The highest BCUT2D eigenvalue weighted by Crippen LogP contribution is 2.23. The first-order chi connectivity index (χ1) is 11.4. The third kappa shape index (κ3) is 4.03. The van der Waals surface area contributed by atoms with E-state index < -0.39 is 21.8 Å². The smallest absolute Gasteiger partial charge is 0.292 e. The highest BCUT2D eigenvalue weighted by atomic mass is 16.6. The second-order valence-electron chi connectivity index (χ2n) is 4.94. The Morgan fingerprint density at radius 2 is 1.75 bits per heavy atom. The molecule has 9 heteroatoms. The molecule has 1 atom stereocenters. The van der Waals surface area contributed by atoms with E-state index in [1.165, 1.54) is 36.4 Å². The minimum atomic E-state index is -0.758. The number of nitrogens with zero attached hydrogens (tertiary/aromatic N) is 2. The number of para-hydroxylation sites is 2. The number of hydrogen-bond acceptors (Lipinski definition) is 6. The van der Waals surface area contributed by atoms with E-state index in [1.54, 1.807) is 19.1 Å². The fourth-order valence-electron chi connectivity index (χ4n) is 2.00. The van der Waals surface area contributed by atoms with E-state index in [0.717, 1.165) is 0 Å². The zero-order valence-corrected chi connectivity index (χ0v) is 12.6. The van der Waals surface area contributed by atoms with Gasteiger partial charge in [-0.15, -0.1) is 0 Å². The van der Waals surface area contributed by atoms with Gasteiger partial charge in [0.15, 0.2) is 0 Å². The first-order valence-electron chi connectivity index (χ1n) is 6.94. The molecule has 9 nitrogen and oxygen atoms in total. The first-order valence-corrected chi connectivity index (χ1v) is 6.94. The molecule has 0 aliphatic heterocycles. The summed E-state index contributed by atoms with van der Waals surface area (Å²) in [6.07, 6.45) is 0. The average molecular weight is 330 g/mol. The summed E-state index contributed by atoms with van der Waals surface area (Å²) in [5.41, 5.74) is 0.161. The minimum absolute atomic E-state index is 0.0835. The Bertz CT molecular complexity index is 793. The summed E-state index contributed by atoms with van der Waals surface area (Å²) < 4.78 is 0. The predicted molar refractivity (Wildman–Crippen MR) is 87.9 cm³/mol. The van der Waals surface area contributed by atoms with Crippen molar-refractivity contribution in [3.63, 3.8) is 0 Å². The molecule has 0 aromatic heterocycles. The molecule has 2 N–H and O–H groups in total. The summed E-state index contributed by atoms with van der Waals surface area (Å²) in [5.74, 6) is -0.504. The van der Waals surface area contributed by atoms with E-state index in [9.17, 15) is 25.0 Å². The number of benzene rings is 2. The van der Waals surface area contributed by atoms with Gasteiger partial charge in [-0.05, 0) is 19.1 Å². The third-order valence-corrected chi connectivity index (χ3v) is 3.19. The Balaban J connectivity index is 2.09. The molecule has 0 unspecified atom stereocenters. The van der Waals surface area contributed by atoms with Gasteiger partial charge in [0.2, 0.25) is 5.91 Å². The van der Waals surface area contributed by atoms with Gasteiger partial charge in [-0.1, -0.05) is 18.2 Å². The number of anilines is 2. The number of non-ortho nitro benzene ring substituents is 1. The number of amides is 1. The lowest BCUT2D eigenvalue weighted by molar-refractivity contribution is -0.384. The molecular weight excluding hydrogens is 316 g/mol. The van der Waals surface area contributed by atoms with Crippen LogP contribution in [0.5, 0.6) is 0 Å². The van der Waals surface area contributed by atoms with E-state index in [4.69, 9.17) is 0 Å². The topological polar surface area (TPSA) is 127 Å². The Morgan fingerprint density at radius 1 is 1.04 bits per heavy atom. The molecule has 124 valence electrons. The number of nitro benzene ring substituents is 2. The van der Waals surface area contributed by atoms with Crippen molar-refractivity contribution in [1.82, 2.24) is 0 Å². The number of nitrogens with one attached hydrogen (secondary N) is 2. The van der Waals surface area contributed by atoms with Crippen LogP contribution in [0.1, 0.15) is 6.92 Å². The summed E-state index contributed by atoms with van der Waals surface area (Å²) in [4.78, 5) is 32.7. The van der Waals surface area contributed by atoms with E-state index in [1.807, 2.05) is 0 Å². The van der Waals surface area contributed by atoms with Gasteiger partial charge in [0.25, 0.3) is 11.4 Å². The van der Waals surface area contributed by atoms with Crippen molar-refractivity contribution in [2.45, 2.75) is 13.0 Å². The molecule has 1 amide bonds. The number of carbonyl (C=O) groups excluding carboxylic acids is 1. The van der Waals surface area contributed by atoms with E-state index >= 15 is 0 Å². The summed E-state index contributed by atoms with van der Waals surface area (Å²) in [6, 6.07) is 10.7. The van der Waals surface area contributed by atoms with Crippen molar-refractivity contribution < 1.29 is 14.6 Å². The highest BCUT2D eigenvalue weighted by Gasteiger charge is 2.19. The van der Waals surface area contributed by atoms with Crippen LogP contribution < -0.4 is 10.6 Å². The Kier molecular flexibility index (Phi) is 5.05. The maximum absolute atomic E-state index is 12.2. The number of carbonyl (C=O) groups is 1. The van der Waals surface area contributed by atoms with Crippen LogP contribution in [-0.4, -0.2) is 21.8 Å². The SMILES string of the molecule is C[C@@H](Nc1cccc([N+](=O)[O-])c1)C(=O)Nc1ccccc1[N+](=O)[O-]. The monoisotopic (exact) mass is 330 g/mol. The van der Waals surface area contributed by atoms with Crippen LogP contribution in [0.15, 0.2) is 48.5 Å². The zero-order chi connectivity index (χ0) is 17.7. The van der Waals surface area contributed by atoms with Gasteiger partial charge in [0.1, 0.15) is 11.7 Å². The first kappa shape index (κ1) is 16.9. The quantitative estimate of drug-likeness (QED) is 0.619. The fourth-order valence-corrected chi connectivity index (χ4v) is 2.00. The second-order valence-corrected chi connectivity index (χ2v) is 4.94. The summed E-state index contributed by atoms with van der Waals surface area (Å²) in [5, 5.41) is 27.0. The Hall–Kier alpha value is -3.49. The van der Waals surface area contributed by atoms with Crippen LogP contribution in [0.3, 0.4) is 0 Å². The number of nitro groups is 2. The molecule has 0 heterocycles. The molecule has 2 rings (SSSR count). The van der Waals surface area contributed by atoms with Crippen LogP contribution in [0, 0.1) is 20.2 Å². The van der Waals surface area contributed by atoms with Gasteiger partial charge >= 0.3 is 0 Å². The number of rotatable bonds is 6. The minimum Gasteiger partial charge on any atom is -0.374 e. The molecule has 0 saturated heterocycles. The maximum atomic E-state index is 12.2. The van der Waals surface area contributed by atoms with Crippen molar-refractivity contribution in [1.29, 1.82) is 0 Å². The molecule has 0 spiro atoms. The van der Waals surface area contributed by atoms with Crippen LogP contribution in [-0.2, 0) is 4.79 Å². The molecule has 24 heavy (non-hydrogen) atoms. The standard InChI is InChI=1S/C15H14N4O5/c1-10(16-11-5-4-6-12(9-11)18(21)22)15(20)17-13-7-2-3-8-14(13)19(23)24/h2-10,16H,1H3,(H,17,20)/t10-/m1/s1. The molecule has 0 bridgehead atoms. The van der Waals surface area contributed by atoms with Gasteiger partial charge in [-0.2, -0.15) is 0 Å². The molecule has 0 aliphatic carbocycles. The van der Waals surface area contributed by atoms with Gasteiger partial charge in [0, 0.05) is 23.9 Å². The molecule has 2 aromatic rings. The molecule has 0 saturated carbocycles. The van der Waals surface area contributed by atoms with Crippen molar-refractivity contribution in [2.75, 3.05) is 10.6 Å². The molecule has 0 aliphatic rings. The lowest BCUT2D eigenvalue weighted by Gasteiger charge is -2.15. The fraction of sp³-hybridized carbons (Fsp3) is 0.133. The Labute approximate surface area is 136 Å². The third-order valence-electron chi connectivity index (χ3n) is 3.19. The van der Waals surface area contributed by atoms with Crippen molar-refractivity contribution in [2.24, 2.45) is 0 Å². The maximum Gasteiger partial charge on any atom is 0.292 e. The largest absolute Gasteiger partial charge is 0.374 e. The zero-order valence-electron chi connectivity index (χ0n) is 12.6. The number of hydrogen-bond donors (Lipinski definition) is 2. The molecule has 0 fully saturated rings. The average Bonchev–Trinajstić information content (AvgIpc) is 2.55. The van der Waals surface area contributed by atoms with Crippen LogP contribution in [0.4, 0.5) is 22.7 Å². The lowest BCUT2D eigenvalue weighted by Crippen LogP contribution is -2.32. The molecule has 2 aromatic carbocycles. The summed E-state index contributed by atoms with van der Waals surface area (Å²) in [7, 11) is 0. The lowest BCUT2D eigenvalue weighted by atomic mass is 10.2. The van der Waals surface area contributed by atoms with Crippen LogP contribution in [0.25, 0.3) is 0 Å². The van der Waals surface area contributed by atoms with E-state index in [-0.39, 0.29) is 17.1 Å². The summed E-state index contributed by atoms with van der Waals surface area (Å²) >= 11 is 0. The van der Waals surface area contributed by atoms with E-state index in [2.05, 4.69) is 10.6 Å². The second kappa shape index (κ2) is 7.18. The van der Waals surface area contributed by atoms with Gasteiger partial charge in [-0.3, -0.25) is 25.0 Å². The molecule has 0 radical (unpaired) electrons. The van der Waals surface area contributed by atoms with Gasteiger partial charge < -0.3 is 10.6 Å². The highest BCUT2D eigenvalue weighted by molar-refractivity contribution is 5.98. The van der Waals surface area contributed by atoms with Crippen LogP contribution in [0.2, 0.25) is 0 Å². The van der Waals surface area contributed by atoms with Crippen molar-refractivity contribution >= 4 is 28.7 Å². The van der Waals surface area contributed by atoms with Gasteiger partial charge in [0.05, 0.1) is 9.85 Å². The predicted octanol–water partition coefficient (Wildman–Crippen LogP) is 2.94. The van der Waals surface area contributed by atoms with E-state index in [0.29, 0.717) is 5.69 Å². The normalized spacial score (nSPS) is 11.4. The van der Waals surface area contributed by atoms with Crippen LogP contribution >= 0.6 is 0 Å². The van der Waals surface area contributed by atoms with Crippen molar-refractivity contribution in [3.05, 3.63) is 68.8 Å². The summed E-state index contributed by atoms with van der Waals surface area (Å²) in [6.45, 7) is 1.54. The molecular formula is C15H14N4O5. The van der Waals surface area contributed by atoms with Gasteiger partial charge in [-0.25, -0.2) is 0 Å². The Morgan fingerprint density at radius 3 is 2.42 bits per heavy atom. The van der Waals surface area contributed by atoms with Crippen molar-refractivity contribution in [3.8, 4) is 0 Å².